The van der Waals surface area contributed by atoms with Gasteiger partial charge in [-0.3, -0.25) is 9.59 Å². The van der Waals surface area contributed by atoms with Crippen LogP contribution in [0.25, 0.3) is 0 Å². The van der Waals surface area contributed by atoms with Crippen molar-refractivity contribution >= 4 is 17.5 Å². The molecule has 0 heterocycles. The molecule has 1 fully saturated rings. The van der Waals surface area contributed by atoms with Crippen molar-refractivity contribution in [2.45, 2.75) is 39.2 Å². The highest BCUT2D eigenvalue weighted by atomic mass is 16.2. The molecule has 2 unspecified atom stereocenters. The number of nitrogens with one attached hydrogen (secondary N) is 2. The molecule has 4 nitrogen and oxygen atoms in total. The van der Waals surface area contributed by atoms with Crippen molar-refractivity contribution in [1.82, 2.24) is 5.32 Å². The quantitative estimate of drug-likeness (QED) is 0.877. The van der Waals surface area contributed by atoms with E-state index < -0.39 is 0 Å². The van der Waals surface area contributed by atoms with E-state index in [1.165, 1.54) is 13.3 Å². The molecule has 1 aromatic carbocycles. The van der Waals surface area contributed by atoms with Crippen LogP contribution in [0.3, 0.4) is 0 Å². The van der Waals surface area contributed by atoms with Crippen molar-refractivity contribution in [3.63, 3.8) is 0 Å². The number of anilines is 1. The van der Waals surface area contributed by atoms with Gasteiger partial charge < -0.3 is 10.6 Å². The molecule has 19 heavy (non-hydrogen) atoms. The van der Waals surface area contributed by atoms with Gasteiger partial charge in [-0.2, -0.15) is 0 Å². The molecule has 0 spiro atoms. The summed E-state index contributed by atoms with van der Waals surface area (Å²) in [5.41, 5.74) is 1.24. The van der Waals surface area contributed by atoms with Gasteiger partial charge in [-0.1, -0.05) is 13.0 Å². The Morgan fingerprint density at radius 2 is 2.05 bits per heavy atom. The molecule has 0 aromatic heterocycles. The van der Waals surface area contributed by atoms with Crippen LogP contribution >= 0.6 is 0 Å². The first-order valence-electron chi connectivity index (χ1n) is 6.73. The van der Waals surface area contributed by atoms with Gasteiger partial charge in [0.15, 0.2) is 0 Å². The van der Waals surface area contributed by atoms with Crippen LogP contribution in [0.15, 0.2) is 24.3 Å². The minimum atomic E-state index is -0.137. The lowest BCUT2D eigenvalue weighted by atomic mass is 10.1. The van der Waals surface area contributed by atoms with Crippen molar-refractivity contribution in [2.75, 3.05) is 5.32 Å². The third kappa shape index (κ3) is 3.81. The zero-order valence-electron chi connectivity index (χ0n) is 11.4. The number of carbonyl (C=O) groups is 2. The van der Waals surface area contributed by atoms with Crippen LogP contribution < -0.4 is 10.6 Å². The number of benzene rings is 1. The average Bonchev–Trinajstić information content (AvgIpc) is 2.74. The van der Waals surface area contributed by atoms with Crippen LogP contribution in [0, 0.1) is 5.92 Å². The summed E-state index contributed by atoms with van der Waals surface area (Å²) in [5.74, 6) is 0.490. The van der Waals surface area contributed by atoms with Gasteiger partial charge in [0.05, 0.1) is 0 Å². The van der Waals surface area contributed by atoms with E-state index in [0.29, 0.717) is 17.2 Å². The fourth-order valence-corrected chi connectivity index (χ4v) is 2.55. The van der Waals surface area contributed by atoms with Crippen LogP contribution in [0.1, 0.15) is 43.5 Å². The summed E-state index contributed by atoms with van der Waals surface area (Å²) in [4.78, 5) is 23.1. The van der Waals surface area contributed by atoms with Crippen molar-refractivity contribution in [1.29, 1.82) is 0 Å². The standard InChI is InChI=1S/C15H20N2O2/c1-10-6-7-14(8-10)17-15(19)12-4-3-5-13(9-12)16-11(2)18/h3-5,9-10,14H,6-8H2,1-2H3,(H,16,18)(H,17,19). The number of carbonyl (C=O) groups excluding carboxylic acids is 2. The molecule has 1 saturated carbocycles. The lowest BCUT2D eigenvalue weighted by Crippen LogP contribution is -2.32. The van der Waals surface area contributed by atoms with E-state index in [1.807, 2.05) is 0 Å². The van der Waals surface area contributed by atoms with Crippen molar-refractivity contribution in [3.8, 4) is 0 Å². The smallest absolute Gasteiger partial charge is 0.251 e. The molecule has 1 aromatic rings. The molecule has 2 rings (SSSR count). The lowest BCUT2D eigenvalue weighted by Gasteiger charge is -2.13. The largest absolute Gasteiger partial charge is 0.349 e. The fourth-order valence-electron chi connectivity index (χ4n) is 2.55. The first kappa shape index (κ1) is 13.6. The zero-order chi connectivity index (χ0) is 13.8. The molecule has 4 heteroatoms. The minimum Gasteiger partial charge on any atom is -0.349 e. The highest BCUT2D eigenvalue weighted by Crippen LogP contribution is 2.24. The summed E-state index contributed by atoms with van der Waals surface area (Å²) < 4.78 is 0. The molecular weight excluding hydrogens is 240 g/mol. The maximum atomic E-state index is 12.1. The molecule has 0 radical (unpaired) electrons. The molecule has 0 saturated heterocycles. The second-order valence-electron chi connectivity index (χ2n) is 5.35. The highest BCUT2D eigenvalue weighted by Gasteiger charge is 2.23. The Morgan fingerprint density at radius 1 is 1.26 bits per heavy atom. The highest BCUT2D eigenvalue weighted by molar-refractivity contribution is 5.96. The molecule has 2 N–H and O–H groups in total. The van der Waals surface area contributed by atoms with E-state index >= 15 is 0 Å². The third-order valence-corrected chi connectivity index (χ3v) is 3.48. The first-order valence-corrected chi connectivity index (χ1v) is 6.73. The summed E-state index contributed by atoms with van der Waals surface area (Å²) in [7, 11) is 0. The Morgan fingerprint density at radius 3 is 2.68 bits per heavy atom. The van der Waals surface area contributed by atoms with E-state index in [1.54, 1.807) is 24.3 Å². The summed E-state index contributed by atoms with van der Waals surface area (Å²) in [6.45, 7) is 3.66. The molecule has 1 aliphatic rings. The predicted molar refractivity (Wildman–Crippen MR) is 75.0 cm³/mol. The number of rotatable bonds is 3. The third-order valence-electron chi connectivity index (χ3n) is 3.48. The summed E-state index contributed by atoms with van der Waals surface area (Å²) in [6, 6.07) is 7.30. The Kier molecular flexibility index (Phi) is 4.20. The second-order valence-corrected chi connectivity index (χ2v) is 5.35. The Hall–Kier alpha value is -1.84. The van der Waals surface area contributed by atoms with Gasteiger partial charge in [-0.05, 0) is 43.4 Å². The maximum Gasteiger partial charge on any atom is 0.251 e. The molecule has 2 atom stereocenters. The summed E-state index contributed by atoms with van der Waals surface area (Å²) in [5, 5.41) is 5.74. The van der Waals surface area contributed by atoms with Crippen LogP contribution in [0.5, 0.6) is 0 Å². The van der Waals surface area contributed by atoms with E-state index in [4.69, 9.17) is 0 Å². The van der Waals surface area contributed by atoms with Gasteiger partial charge in [0.2, 0.25) is 5.91 Å². The normalized spacial score (nSPS) is 22.0. The first-order chi connectivity index (χ1) is 9.04. The van der Waals surface area contributed by atoms with Gasteiger partial charge >= 0.3 is 0 Å². The topological polar surface area (TPSA) is 58.2 Å². The van der Waals surface area contributed by atoms with E-state index in [0.717, 1.165) is 12.8 Å². The fraction of sp³-hybridized carbons (Fsp3) is 0.467. The monoisotopic (exact) mass is 260 g/mol. The molecule has 102 valence electrons. The van der Waals surface area contributed by atoms with Crippen molar-refractivity contribution < 1.29 is 9.59 Å². The maximum absolute atomic E-state index is 12.1. The average molecular weight is 260 g/mol. The summed E-state index contributed by atoms with van der Waals surface area (Å²) >= 11 is 0. The van der Waals surface area contributed by atoms with E-state index in [2.05, 4.69) is 17.6 Å². The molecular formula is C15H20N2O2. The Balaban J connectivity index is 2.00. The van der Waals surface area contributed by atoms with Crippen molar-refractivity contribution in [2.24, 2.45) is 5.92 Å². The van der Waals surface area contributed by atoms with Gasteiger partial charge in [0.25, 0.3) is 5.91 Å². The van der Waals surface area contributed by atoms with Crippen LogP contribution in [0.4, 0.5) is 5.69 Å². The minimum absolute atomic E-state index is 0.0636. The predicted octanol–water partition coefficient (Wildman–Crippen LogP) is 2.56. The molecule has 2 amide bonds. The van der Waals surface area contributed by atoms with Crippen LogP contribution in [-0.2, 0) is 4.79 Å². The molecule has 0 aliphatic heterocycles. The molecule has 1 aliphatic carbocycles. The zero-order valence-corrected chi connectivity index (χ0v) is 11.4. The van der Waals surface area contributed by atoms with E-state index in [9.17, 15) is 9.59 Å². The number of amides is 2. The van der Waals surface area contributed by atoms with Crippen molar-refractivity contribution in [3.05, 3.63) is 29.8 Å². The number of hydrogen-bond donors (Lipinski definition) is 2. The second kappa shape index (κ2) is 5.87. The van der Waals surface area contributed by atoms with Crippen LogP contribution in [-0.4, -0.2) is 17.9 Å². The van der Waals surface area contributed by atoms with Gasteiger partial charge in [-0.25, -0.2) is 0 Å². The molecule has 0 bridgehead atoms. The number of hydrogen-bond acceptors (Lipinski definition) is 2. The van der Waals surface area contributed by atoms with Gasteiger partial charge in [0.1, 0.15) is 0 Å². The lowest BCUT2D eigenvalue weighted by molar-refractivity contribution is -0.114. The van der Waals surface area contributed by atoms with E-state index in [-0.39, 0.29) is 17.9 Å². The Bertz CT molecular complexity index is 485. The van der Waals surface area contributed by atoms with Gasteiger partial charge in [-0.15, -0.1) is 0 Å². The SMILES string of the molecule is CC(=O)Nc1cccc(C(=O)NC2CCC(C)C2)c1. The van der Waals surface area contributed by atoms with Crippen LogP contribution in [0.2, 0.25) is 0 Å². The Labute approximate surface area is 113 Å². The summed E-state index contributed by atoms with van der Waals surface area (Å²) in [6.07, 6.45) is 3.28. The van der Waals surface area contributed by atoms with Gasteiger partial charge in [0, 0.05) is 24.2 Å².